The van der Waals surface area contributed by atoms with Gasteiger partial charge in [0.25, 0.3) is 0 Å². The van der Waals surface area contributed by atoms with Crippen molar-refractivity contribution in [1.82, 2.24) is 0 Å². The second-order valence-corrected chi connectivity index (χ2v) is 6.12. The van der Waals surface area contributed by atoms with Crippen molar-refractivity contribution in [3.63, 3.8) is 0 Å². The van der Waals surface area contributed by atoms with E-state index in [0.29, 0.717) is 11.1 Å². The van der Waals surface area contributed by atoms with Gasteiger partial charge in [0, 0.05) is 14.5 Å². The summed E-state index contributed by atoms with van der Waals surface area (Å²) in [5.41, 5.74) is 2.22. The Labute approximate surface area is 134 Å². The maximum atomic E-state index is 12.6. The van der Waals surface area contributed by atoms with Crippen molar-refractivity contribution in [1.29, 1.82) is 5.26 Å². The molecule has 0 saturated carbocycles. The third kappa shape index (κ3) is 3.00. The van der Waals surface area contributed by atoms with Crippen LogP contribution in [0.3, 0.4) is 0 Å². The second-order valence-electron chi connectivity index (χ2n) is 4.41. The molecule has 2 aromatic carbocycles. The summed E-state index contributed by atoms with van der Waals surface area (Å²) in [7, 11) is 0. The van der Waals surface area contributed by atoms with E-state index >= 15 is 0 Å². The minimum absolute atomic E-state index is 0.189. The van der Waals surface area contributed by atoms with E-state index in [4.69, 9.17) is 0 Å². The van der Waals surface area contributed by atoms with Gasteiger partial charge >= 0.3 is 0 Å². The molecule has 100 valence electrons. The lowest BCUT2D eigenvalue weighted by Crippen LogP contribution is -2.12. The molecule has 0 aliphatic carbocycles. The predicted molar refractivity (Wildman–Crippen MR) is 85.7 cm³/mol. The number of ketones is 1. The molecule has 0 aliphatic rings. The summed E-state index contributed by atoms with van der Waals surface area (Å²) < 4.78 is 1.67. The standard InChI is InChI=1S/C16H11Br2NO/c1-10-3-2-4-13(15(10)18)16(20)14(9-19)11-5-7-12(17)8-6-11/h2-8,14H,1H3. The van der Waals surface area contributed by atoms with E-state index in [1.54, 1.807) is 18.2 Å². The molecular formula is C16H11Br2NO. The SMILES string of the molecule is Cc1cccc(C(=O)C(C#N)c2ccc(Br)cc2)c1Br. The Morgan fingerprint density at radius 1 is 1.15 bits per heavy atom. The number of nitriles is 1. The molecule has 2 nitrogen and oxygen atoms in total. The van der Waals surface area contributed by atoms with Crippen molar-refractivity contribution in [2.75, 3.05) is 0 Å². The zero-order chi connectivity index (χ0) is 14.7. The average molecular weight is 393 g/mol. The van der Waals surface area contributed by atoms with Crippen molar-refractivity contribution in [2.24, 2.45) is 0 Å². The van der Waals surface area contributed by atoms with E-state index in [9.17, 15) is 10.1 Å². The second kappa shape index (κ2) is 6.34. The number of Topliss-reactive ketones (excluding diaryl/α,β-unsaturated/α-hetero) is 1. The molecule has 1 atom stereocenters. The number of hydrogen-bond acceptors (Lipinski definition) is 2. The summed E-state index contributed by atoms with van der Waals surface area (Å²) >= 11 is 6.77. The number of carbonyl (C=O) groups excluding carboxylic acids is 1. The molecule has 0 radical (unpaired) electrons. The molecule has 0 saturated heterocycles. The number of aryl methyl sites for hydroxylation is 1. The van der Waals surface area contributed by atoms with Crippen LogP contribution >= 0.6 is 31.9 Å². The van der Waals surface area contributed by atoms with Crippen LogP contribution in [0.5, 0.6) is 0 Å². The first-order chi connectivity index (χ1) is 9.54. The first-order valence-corrected chi connectivity index (χ1v) is 7.57. The van der Waals surface area contributed by atoms with Gasteiger partial charge in [-0.3, -0.25) is 4.79 Å². The van der Waals surface area contributed by atoms with Crippen LogP contribution < -0.4 is 0 Å². The fourth-order valence-corrected chi connectivity index (χ4v) is 2.66. The summed E-state index contributed by atoms with van der Waals surface area (Å²) in [5.74, 6) is -0.980. The number of nitrogens with zero attached hydrogens (tertiary/aromatic N) is 1. The topological polar surface area (TPSA) is 40.9 Å². The summed E-state index contributed by atoms with van der Waals surface area (Å²) in [5, 5.41) is 9.34. The molecule has 1 unspecified atom stereocenters. The van der Waals surface area contributed by atoms with Crippen LogP contribution in [-0.2, 0) is 0 Å². The highest BCUT2D eigenvalue weighted by Gasteiger charge is 2.23. The Morgan fingerprint density at radius 3 is 2.40 bits per heavy atom. The lowest BCUT2D eigenvalue weighted by Gasteiger charge is -2.11. The Kier molecular flexibility index (Phi) is 4.74. The van der Waals surface area contributed by atoms with Gasteiger partial charge in [-0.25, -0.2) is 0 Å². The van der Waals surface area contributed by atoms with Crippen molar-refractivity contribution >= 4 is 37.6 Å². The highest BCUT2D eigenvalue weighted by Crippen LogP contribution is 2.28. The maximum absolute atomic E-state index is 12.6. The van der Waals surface area contributed by atoms with E-state index in [0.717, 1.165) is 14.5 Å². The molecule has 0 heterocycles. The normalized spacial score (nSPS) is 11.7. The Hall–Kier alpha value is -1.44. The van der Waals surface area contributed by atoms with Gasteiger partial charge in [-0.15, -0.1) is 0 Å². The highest BCUT2D eigenvalue weighted by atomic mass is 79.9. The van der Waals surface area contributed by atoms with Crippen LogP contribution in [-0.4, -0.2) is 5.78 Å². The number of carbonyl (C=O) groups is 1. The molecular weight excluding hydrogens is 382 g/mol. The fraction of sp³-hybridized carbons (Fsp3) is 0.125. The van der Waals surface area contributed by atoms with Crippen LogP contribution in [0, 0.1) is 18.3 Å². The van der Waals surface area contributed by atoms with Gasteiger partial charge in [-0.1, -0.05) is 46.3 Å². The largest absolute Gasteiger partial charge is 0.292 e. The van der Waals surface area contributed by atoms with Gasteiger partial charge in [0.15, 0.2) is 5.78 Å². The smallest absolute Gasteiger partial charge is 0.185 e. The molecule has 0 fully saturated rings. The summed E-state index contributed by atoms with van der Waals surface area (Å²) in [6.45, 7) is 1.92. The number of hydrogen-bond donors (Lipinski definition) is 0. The van der Waals surface area contributed by atoms with E-state index in [2.05, 4.69) is 37.9 Å². The monoisotopic (exact) mass is 391 g/mol. The number of halogens is 2. The summed E-state index contributed by atoms with van der Waals surface area (Å²) in [6, 6.07) is 14.8. The van der Waals surface area contributed by atoms with Crippen LogP contribution in [0.1, 0.15) is 27.4 Å². The molecule has 4 heteroatoms. The fourth-order valence-electron chi connectivity index (χ4n) is 1.93. The zero-order valence-electron chi connectivity index (χ0n) is 10.7. The van der Waals surface area contributed by atoms with E-state index in [1.807, 2.05) is 31.2 Å². The van der Waals surface area contributed by atoms with Crippen molar-refractivity contribution in [3.8, 4) is 6.07 Å². The number of rotatable bonds is 3. The summed E-state index contributed by atoms with van der Waals surface area (Å²) in [6.07, 6.45) is 0. The van der Waals surface area contributed by atoms with Gasteiger partial charge < -0.3 is 0 Å². The van der Waals surface area contributed by atoms with E-state index in [1.165, 1.54) is 0 Å². The molecule has 2 aromatic rings. The molecule has 0 spiro atoms. The first-order valence-electron chi connectivity index (χ1n) is 5.99. The molecule has 2 rings (SSSR count). The Morgan fingerprint density at radius 2 is 1.80 bits per heavy atom. The van der Waals surface area contributed by atoms with E-state index in [-0.39, 0.29) is 5.78 Å². The minimum Gasteiger partial charge on any atom is -0.292 e. The van der Waals surface area contributed by atoms with E-state index < -0.39 is 5.92 Å². The molecule has 0 aromatic heterocycles. The van der Waals surface area contributed by atoms with Gasteiger partial charge in [0.05, 0.1) is 6.07 Å². The lowest BCUT2D eigenvalue weighted by molar-refractivity contribution is 0.0978. The van der Waals surface area contributed by atoms with Crippen LogP contribution in [0.25, 0.3) is 0 Å². The van der Waals surface area contributed by atoms with Gasteiger partial charge in [-0.2, -0.15) is 5.26 Å². The van der Waals surface area contributed by atoms with Gasteiger partial charge in [0.1, 0.15) is 5.92 Å². The van der Waals surface area contributed by atoms with Crippen LogP contribution in [0.4, 0.5) is 0 Å². The van der Waals surface area contributed by atoms with Crippen LogP contribution in [0.2, 0.25) is 0 Å². The summed E-state index contributed by atoms with van der Waals surface area (Å²) in [4.78, 5) is 12.6. The third-order valence-electron chi connectivity index (χ3n) is 3.05. The minimum atomic E-state index is -0.791. The molecule has 0 amide bonds. The highest BCUT2D eigenvalue weighted by molar-refractivity contribution is 9.10. The zero-order valence-corrected chi connectivity index (χ0v) is 13.9. The Balaban J connectivity index is 2.42. The molecule has 0 N–H and O–H groups in total. The van der Waals surface area contributed by atoms with Crippen LogP contribution in [0.15, 0.2) is 51.4 Å². The first kappa shape index (κ1) is 15.0. The maximum Gasteiger partial charge on any atom is 0.185 e. The van der Waals surface area contributed by atoms with Gasteiger partial charge in [0.2, 0.25) is 0 Å². The average Bonchev–Trinajstić information content (AvgIpc) is 2.44. The lowest BCUT2D eigenvalue weighted by atomic mass is 9.91. The number of benzene rings is 2. The molecule has 0 aliphatic heterocycles. The van der Waals surface area contributed by atoms with Gasteiger partial charge in [-0.05, 0) is 46.1 Å². The molecule has 0 bridgehead atoms. The van der Waals surface area contributed by atoms with Crippen molar-refractivity contribution in [2.45, 2.75) is 12.8 Å². The van der Waals surface area contributed by atoms with Crippen molar-refractivity contribution in [3.05, 3.63) is 68.1 Å². The molecule has 20 heavy (non-hydrogen) atoms. The van der Waals surface area contributed by atoms with Crippen molar-refractivity contribution < 1.29 is 4.79 Å². The quantitative estimate of drug-likeness (QED) is 0.688. The Bertz CT molecular complexity index is 687. The predicted octanol–water partition coefficient (Wildman–Crippen LogP) is 5.01. The third-order valence-corrected chi connectivity index (χ3v) is 4.63.